The number of amides is 1. The van der Waals surface area contributed by atoms with Crippen molar-refractivity contribution in [2.24, 2.45) is 0 Å². The van der Waals surface area contributed by atoms with Gasteiger partial charge >= 0.3 is 0 Å². The molecule has 3 aromatic carbocycles. The number of nitrogens with one attached hydrogen (secondary N) is 2. The largest absolute Gasteiger partial charge is 0.274 e. The highest BCUT2D eigenvalue weighted by atomic mass is 32.2. The maximum Gasteiger partial charge on any atom is 0.269 e. The van der Waals surface area contributed by atoms with Crippen LogP contribution in [0.25, 0.3) is 11.1 Å². The summed E-state index contributed by atoms with van der Waals surface area (Å²) in [5.41, 5.74) is 3.58. The van der Waals surface area contributed by atoms with Gasteiger partial charge < -0.3 is 0 Å². The van der Waals surface area contributed by atoms with Gasteiger partial charge in [0.1, 0.15) is 11.6 Å². The Bertz CT molecular complexity index is 1150. The van der Waals surface area contributed by atoms with Crippen molar-refractivity contribution in [1.29, 1.82) is 0 Å². The van der Waals surface area contributed by atoms with Gasteiger partial charge in [-0.05, 0) is 53.4 Å². The van der Waals surface area contributed by atoms with Crippen LogP contribution < -0.4 is 10.3 Å². The van der Waals surface area contributed by atoms with E-state index in [1.807, 2.05) is 40.6 Å². The molecule has 29 heavy (non-hydrogen) atoms. The lowest BCUT2D eigenvalue weighted by atomic mass is 9.99. The first-order chi connectivity index (χ1) is 13.7. The van der Waals surface area contributed by atoms with Gasteiger partial charge in [-0.25, -0.2) is 17.2 Å². The molecule has 0 aliphatic carbocycles. The summed E-state index contributed by atoms with van der Waals surface area (Å²) in [6.45, 7) is 1.52. The third-order valence-corrected chi connectivity index (χ3v) is 5.30. The van der Waals surface area contributed by atoms with Crippen molar-refractivity contribution in [2.75, 3.05) is 0 Å². The fourth-order valence-corrected chi connectivity index (χ4v) is 3.74. The van der Waals surface area contributed by atoms with Crippen molar-refractivity contribution < 1.29 is 22.0 Å². The van der Waals surface area contributed by atoms with Gasteiger partial charge in [-0.1, -0.05) is 42.5 Å². The van der Waals surface area contributed by atoms with Crippen molar-refractivity contribution in [2.45, 2.75) is 12.7 Å². The molecule has 0 aliphatic rings. The highest BCUT2D eigenvalue weighted by Gasteiger charge is 2.19. The Morgan fingerprint density at radius 1 is 0.931 bits per heavy atom. The first kappa shape index (κ1) is 20.6. The predicted octanol–water partition coefficient (Wildman–Crippen LogP) is 3.70. The third kappa shape index (κ3) is 5.24. The molecule has 0 unspecified atom stereocenters. The number of hydrogen-bond acceptors (Lipinski definition) is 3. The lowest BCUT2D eigenvalue weighted by Gasteiger charge is -2.12. The van der Waals surface area contributed by atoms with Gasteiger partial charge in [-0.15, -0.1) is 4.83 Å². The van der Waals surface area contributed by atoms with E-state index in [4.69, 9.17) is 0 Å². The molecule has 3 aromatic rings. The molecule has 5 nitrogen and oxygen atoms in total. The summed E-state index contributed by atoms with van der Waals surface area (Å²) in [7, 11) is -4.01. The molecule has 0 heterocycles. The summed E-state index contributed by atoms with van der Waals surface area (Å²) in [6.07, 6.45) is 0. The number of carbonyl (C=O) groups is 1. The van der Waals surface area contributed by atoms with Crippen molar-refractivity contribution in [1.82, 2.24) is 10.3 Å². The topological polar surface area (TPSA) is 75.3 Å². The Morgan fingerprint density at radius 3 is 2.34 bits per heavy atom. The van der Waals surface area contributed by atoms with Crippen molar-refractivity contribution >= 4 is 15.9 Å². The minimum Gasteiger partial charge on any atom is -0.274 e. The van der Waals surface area contributed by atoms with Gasteiger partial charge in [0.2, 0.25) is 10.0 Å². The first-order valence-corrected chi connectivity index (χ1v) is 10.3. The van der Waals surface area contributed by atoms with Crippen molar-refractivity contribution in [3.05, 3.63) is 95.1 Å². The van der Waals surface area contributed by atoms with Crippen LogP contribution in [0, 0.1) is 18.6 Å². The molecule has 0 atom stereocenters. The average molecular weight is 416 g/mol. The second kappa shape index (κ2) is 8.50. The average Bonchev–Trinajstić information content (AvgIpc) is 2.68. The van der Waals surface area contributed by atoms with Gasteiger partial charge in [0, 0.05) is 0 Å². The summed E-state index contributed by atoms with van der Waals surface area (Å²) in [5.74, 6) is -2.80. The zero-order valence-electron chi connectivity index (χ0n) is 15.4. The smallest absolute Gasteiger partial charge is 0.269 e. The molecule has 0 saturated carbocycles. The maximum absolute atomic E-state index is 14.5. The molecule has 0 aromatic heterocycles. The highest BCUT2D eigenvalue weighted by Crippen LogP contribution is 2.24. The molecule has 0 fully saturated rings. The Kier molecular flexibility index (Phi) is 6.05. The van der Waals surface area contributed by atoms with Crippen LogP contribution in [0.15, 0.2) is 66.7 Å². The number of benzene rings is 3. The lowest BCUT2D eigenvalue weighted by molar-refractivity contribution is 0.0941. The summed E-state index contributed by atoms with van der Waals surface area (Å²) < 4.78 is 52.0. The van der Waals surface area contributed by atoms with Crippen LogP contribution in [0.5, 0.6) is 0 Å². The number of rotatable bonds is 6. The van der Waals surface area contributed by atoms with Gasteiger partial charge in [0.05, 0.1) is 11.3 Å². The number of aryl methyl sites for hydroxylation is 1. The van der Waals surface area contributed by atoms with E-state index >= 15 is 0 Å². The summed E-state index contributed by atoms with van der Waals surface area (Å²) in [5, 5.41) is 0. The van der Waals surface area contributed by atoms with E-state index in [0.717, 1.165) is 11.6 Å². The monoisotopic (exact) mass is 416 g/mol. The molecule has 2 N–H and O–H groups in total. The second-order valence-electron chi connectivity index (χ2n) is 6.47. The summed E-state index contributed by atoms with van der Waals surface area (Å²) >= 11 is 0. The van der Waals surface area contributed by atoms with Crippen LogP contribution in [-0.4, -0.2) is 14.3 Å². The predicted molar refractivity (Wildman–Crippen MR) is 106 cm³/mol. The number of sulfonamides is 1. The fourth-order valence-electron chi connectivity index (χ4n) is 2.81. The number of carbonyl (C=O) groups excluding carboxylic acids is 1. The molecule has 0 radical (unpaired) electrons. The minimum absolute atomic E-state index is 0.208. The van der Waals surface area contributed by atoms with Crippen LogP contribution in [-0.2, 0) is 15.8 Å². The van der Waals surface area contributed by atoms with E-state index in [-0.39, 0.29) is 16.7 Å². The van der Waals surface area contributed by atoms with E-state index in [1.165, 1.54) is 31.2 Å². The molecule has 3 rings (SSSR count). The molecule has 0 bridgehead atoms. The SMILES string of the molecule is Cc1cc(-c2ccccc2)cc(C(=O)NNS(=O)(=O)Cc2cccc(F)c2)c1F. The standard InChI is InChI=1S/C21H18F2N2O3S/c1-14-10-17(16-7-3-2-4-8-16)12-19(20(14)23)21(26)24-25-29(27,28)13-15-6-5-9-18(22)11-15/h2-12,25H,13H2,1H3,(H,24,26). The molecule has 0 saturated heterocycles. The zero-order valence-corrected chi connectivity index (χ0v) is 16.3. The maximum atomic E-state index is 14.5. The first-order valence-electron chi connectivity index (χ1n) is 8.65. The van der Waals surface area contributed by atoms with E-state index < -0.39 is 33.3 Å². The van der Waals surface area contributed by atoms with Gasteiger partial charge in [0.25, 0.3) is 5.91 Å². The molecule has 0 aliphatic heterocycles. The molecule has 0 spiro atoms. The Balaban J connectivity index is 1.77. The molecule has 150 valence electrons. The number of halogens is 2. The van der Waals surface area contributed by atoms with Crippen molar-refractivity contribution in [3.8, 4) is 11.1 Å². The van der Waals surface area contributed by atoms with Gasteiger partial charge in [-0.3, -0.25) is 10.2 Å². The van der Waals surface area contributed by atoms with Crippen LogP contribution >= 0.6 is 0 Å². The Labute approximate surface area is 167 Å². The van der Waals surface area contributed by atoms with Crippen LogP contribution in [0.2, 0.25) is 0 Å². The van der Waals surface area contributed by atoms with E-state index in [0.29, 0.717) is 5.56 Å². The van der Waals surface area contributed by atoms with E-state index in [2.05, 4.69) is 0 Å². The molecule has 8 heteroatoms. The quantitative estimate of drug-likeness (QED) is 0.602. The third-order valence-electron chi connectivity index (χ3n) is 4.17. The highest BCUT2D eigenvalue weighted by molar-refractivity contribution is 7.88. The number of hydrogen-bond donors (Lipinski definition) is 2. The number of hydrazine groups is 1. The molecule has 1 amide bonds. The zero-order chi connectivity index (χ0) is 21.0. The Hall–Kier alpha value is -3.10. The Morgan fingerprint density at radius 2 is 1.66 bits per heavy atom. The van der Waals surface area contributed by atoms with E-state index in [9.17, 15) is 22.0 Å². The molecular formula is C21H18F2N2O3S. The van der Waals surface area contributed by atoms with Crippen LogP contribution in [0.4, 0.5) is 8.78 Å². The fraction of sp³-hybridized carbons (Fsp3) is 0.0952. The lowest BCUT2D eigenvalue weighted by Crippen LogP contribution is -2.42. The van der Waals surface area contributed by atoms with Crippen LogP contribution in [0.3, 0.4) is 0 Å². The summed E-state index contributed by atoms with van der Waals surface area (Å²) in [6, 6.07) is 17.1. The normalized spacial score (nSPS) is 11.3. The second-order valence-corrected chi connectivity index (χ2v) is 8.19. The van der Waals surface area contributed by atoms with Gasteiger partial charge in [-0.2, -0.15) is 0 Å². The molecular weight excluding hydrogens is 398 g/mol. The van der Waals surface area contributed by atoms with E-state index in [1.54, 1.807) is 6.07 Å². The minimum atomic E-state index is -4.01. The van der Waals surface area contributed by atoms with Crippen LogP contribution in [0.1, 0.15) is 21.5 Å². The summed E-state index contributed by atoms with van der Waals surface area (Å²) in [4.78, 5) is 14.3. The van der Waals surface area contributed by atoms with Gasteiger partial charge in [0.15, 0.2) is 0 Å². The van der Waals surface area contributed by atoms with Crippen molar-refractivity contribution in [3.63, 3.8) is 0 Å².